The fourth-order valence-electron chi connectivity index (χ4n) is 7.95. The van der Waals surface area contributed by atoms with Crippen LogP contribution in [-0.4, -0.2) is 29.1 Å². The first kappa shape index (κ1) is 45.4. The third-order valence-corrected chi connectivity index (χ3v) is 11.3. The molecule has 0 fully saturated rings. The average molecular weight is 673 g/mol. The van der Waals surface area contributed by atoms with Gasteiger partial charge in [-0.1, -0.05) is 239 Å². The monoisotopic (exact) mass is 673 g/mol. The molecule has 1 unspecified atom stereocenters. The van der Waals surface area contributed by atoms with Gasteiger partial charge < -0.3 is 9.80 Å². The van der Waals surface area contributed by atoms with Gasteiger partial charge in [0.15, 0.2) is 0 Å². The molecule has 0 aromatic carbocycles. The summed E-state index contributed by atoms with van der Waals surface area (Å²) in [6.07, 6.45) is 60.4. The number of nitrogens with zero attached hydrogens (tertiary/aromatic N) is 2. The number of hydrogen-bond donors (Lipinski definition) is 0. The predicted octanol–water partition coefficient (Wildman–Crippen LogP) is 16.3. The van der Waals surface area contributed by atoms with E-state index in [0.717, 1.165) is 0 Å². The molecule has 0 saturated heterocycles. The smallest absolute Gasteiger partial charge is 0.101 e. The van der Waals surface area contributed by atoms with Gasteiger partial charge >= 0.3 is 0 Å². The lowest BCUT2D eigenvalue weighted by Crippen LogP contribution is -2.39. The van der Waals surface area contributed by atoms with Gasteiger partial charge in [0.2, 0.25) is 0 Å². The molecule has 1 heterocycles. The largest absolute Gasteiger partial charge is 0.356 e. The molecule has 0 saturated carbocycles. The zero-order valence-corrected chi connectivity index (χ0v) is 33.9. The molecule has 0 radical (unpaired) electrons. The summed E-state index contributed by atoms with van der Waals surface area (Å²) in [6, 6.07) is 0. The van der Waals surface area contributed by atoms with Gasteiger partial charge in [0.05, 0.1) is 0 Å². The second-order valence-corrected chi connectivity index (χ2v) is 16.1. The second-order valence-electron chi connectivity index (χ2n) is 16.1. The van der Waals surface area contributed by atoms with Crippen molar-refractivity contribution in [3.8, 4) is 0 Å². The molecule has 48 heavy (non-hydrogen) atoms. The first-order chi connectivity index (χ1) is 23.8. The van der Waals surface area contributed by atoms with Crippen LogP contribution in [0.3, 0.4) is 0 Å². The Morgan fingerprint density at radius 1 is 0.271 bits per heavy atom. The minimum Gasteiger partial charge on any atom is -0.356 e. The Hall–Kier alpha value is -0.660. The van der Waals surface area contributed by atoms with Crippen molar-refractivity contribution in [2.45, 2.75) is 271 Å². The summed E-state index contributed by atoms with van der Waals surface area (Å²) in [7, 11) is 0. The molecule has 0 aliphatic carbocycles. The number of rotatable bonds is 40. The summed E-state index contributed by atoms with van der Waals surface area (Å²) < 4.78 is 0. The summed E-state index contributed by atoms with van der Waals surface area (Å²) in [6.45, 7) is 9.50. The number of hydrogen-bond acceptors (Lipinski definition) is 2. The Balaban J connectivity index is 2.06. The van der Waals surface area contributed by atoms with Gasteiger partial charge in [-0.3, -0.25) is 0 Å². The highest BCUT2D eigenvalue weighted by atomic mass is 15.4. The predicted molar refractivity (Wildman–Crippen MR) is 219 cm³/mol. The maximum Gasteiger partial charge on any atom is 0.101 e. The molecular weight excluding hydrogens is 581 g/mol. The quantitative estimate of drug-likeness (QED) is 0.0598. The third kappa shape index (κ3) is 29.1. The molecule has 1 atom stereocenters. The molecular formula is C46H92N2. The average Bonchev–Trinajstić information content (AvgIpc) is 3.48. The fourth-order valence-corrected chi connectivity index (χ4v) is 7.95. The highest BCUT2D eigenvalue weighted by Crippen LogP contribution is 2.24. The van der Waals surface area contributed by atoms with E-state index in [0.29, 0.717) is 6.17 Å². The van der Waals surface area contributed by atoms with Crippen LogP contribution in [-0.2, 0) is 0 Å². The zero-order valence-electron chi connectivity index (χ0n) is 33.9. The molecule has 1 aliphatic rings. The lowest BCUT2D eigenvalue weighted by molar-refractivity contribution is 0.135. The topological polar surface area (TPSA) is 6.48 Å². The van der Waals surface area contributed by atoms with Crippen LogP contribution in [0.1, 0.15) is 265 Å². The normalized spacial score (nSPS) is 14.6. The Kier molecular flexibility index (Phi) is 35.5. The minimum atomic E-state index is 0.638. The van der Waals surface area contributed by atoms with Crippen molar-refractivity contribution in [1.29, 1.82) is 0 Å². The zero-order chi connectivity index (χ0) is 34.4. The Labute approximate surface area is 305 Å². The van der Waals surface area contributed by atoms with Crippen LogP contribution in [0.15, 0.2) is 12.4 Å². The van der Waals surface area contributed by atoms with Crippen molar-refractivity contribution in [3.63, 3.8) is 0 Å². The summed E-state index contributed by atoms with van der Waals surface area (Å²) in [4.78, 5) is 5.44. The number of unbranched alkanes of at least 4 members (excludes halogenated alkanes) is 34. The molecule has 0 aromatic heterocycles. The highest BCUT2D eigenvalue weighted by Gasteiger charge is 2.24. The summed E-state index contributed by atoms with van der Waals surface area (Å²) in [5, 5.41) is 0. The van der Waals surface area contributed by atoms with Gasteiger partial charge in [-0.15, -0.1) is 0 Å². The van der Waals surface area contributed by atoms with E-state index in [1.807, 2.05) is 0 Å². The van der Waals surface area contributed by atoms with E-state index in [1.54, 1.807) is 0 Å². The van der Waals surface area contributed by atoms with Crippen LogP contribution in [0, 0.1) is 0 Å². The summed E-state index contributed by atoms with van der Waals surface area (Å²) >= 11 is 0. The molecule has 0 amide bonds. The minimum absolute atomic E-state index is 0.638. The molecule has 0 spiro atoms. The molecule has 1 rings (SSSR count). The fraction of sp³-hybridized carbons (Fsp3) is 0.957. The Morgan fingerprint density at radius 3 is 0.729 bits per heavy atom. The van der Waals surface area contributed by atoms with Crippen LogP contribution in [0.4, 0.5) is 0 Å². The van der Waals surface area contributed by atoms with Crippen LogP contribution >= 0.6 is 0 Å². The van der Waals surface area contributed by atoms with E-state index < -0.39 is 0 Å². The standard InChI is InChI=1S/C46H92N2/c1-4-7-10-13-15-17-19-21-23-24-26-28-30-32-34-37-40-43-48-45-44-47(46(48)41-38-35-12-9-6-3)42-39-36-33-31-29-27-25-22-20-18-16-14-11-8-5-2/h44-46H,4-43H2,1-3H3. The lowest BCUT2D eigenvalue weighted by atomic mass is 10.0. The van der Waals surface area contributed by atoms with E-state index in [-0.39, 0.29) is 0 Å². The van der Waals surface area contributed by atoms with Gasteiger partial charge in [0, 0.05) is 25.5 Å². The SMILES string of the molecule is CCCCCCCCCCCCCCCCCCCN1C=CN(CCCCCCCCCCCCCCCCC)C1CCCCCCC. The van der Waals surface area contributed by atoms with E-state index in [1.165, 1.54) is 257 Å². The van der Waals surface area contributed by atoms with Crippen molar-refractivity contribution in [2.24, 2.45) is 0 Å². The summed E-state index contributed by atoms with van der Waals surface area (Å²) in [5.74, 6) is 0. The molecule has 286 valence electrons. The molecule has 0 aromatic rings. The molecule has 2 nitrogen and oxygen atoms in total. The second kappa shape index (κ2) is 37.6. The van der Waals surface area contributed by atoms with Crippen molar-refractivity contribution in [3.05, 3.63) is 12.4 Å². The van der Waals surface area contributed by atoms with Gasteiger partial charge in [-0.2, -0.15) is 0 Å². The van der Waals surface area contributed by atoms with E-state index in [9.17, 15) is 0 Å². The Morgan fingerprint density at radius 2 is 0.479 bits per heavy atom. The molecule has 2 heteroatoms. The van der Waals surface area contributed by atoms with Crippen molar-refractivity contribution < 1.29 is 0 Å². The van der Waals surface area contributed by atoms with Crippen LogP contribution < -0.4 is 0 Å². The van der Waals surface area contributed by atoms with Gasteiger partial charge in [0.1, 0.15) is 6.17 Å². The maximum absolute atomic E-state index is 2.72. The van der Waals surface area contributed by atoms with Gasteiger partial charge in [-0.25, -0.2) is 0 Å². The molecule has 1 aliphatic heterocycles. The maximum atomic E-state index is 2.72. The van der Waals surface area contributed by atoms with Crippen molar-refractivity contribution in [1.82, 2.24) is 9.80 Å². The van der Waals surface area contributed by atoms with Crippen molar-refractivity contribution >= 4 is 0 Å². The van der Waals surface area contributed by atoms with Crippen molar-refractivity contribution in [2.75, 3.05) is 13.1 Å². The molecule has 0 N–H and O–H groups in total. The highest BCUT2D eigenvalue weighted by molar-refractivity contribution is 4.97. The first-order valence-electron chi connectivity index (χ1n) is 23.0. The third-order valence-electron chi connectivity index (χ3n) is 11.3. The van der Waals surface area contributed by atoms with E-state index >= 15 is 0 Å². The van der Waals surface area contributed by atoms with E-state index in [2.05, 4.69) is 43.0 Å². The lowest BCUT2D eigenvalue weighted by Gasteiger charge is -2.33. The van der Waals surface area contributed by atoms with Gasteiger partial charge in [-0.05, 0) is 25.7 Å². The summed E-state index contributed by atoms with van der Waals surface area (Å²) in [5.41, 5.74) is 0. The van der Waals surface area contributed by atoms with E-state index in [4.69, 9.17) is 0 Å². The molecule has 0 bridgehead atoms. The van der Waals surface area contributed by atoms with Crippen LogP contribution in [0.25, 0.3) is 0 Å². The van der Waals surface area contributed by atoms with Crippen LogP contribution in [0.5, 0.6) is 0 Å². The van der Waals surface area contributed by atoms with Crippen LogP contribution in [0.2, 0.25) is 0 Å². The van der Waals surface area contributed by atoms with Gasteiger partial charge in [0.25, 0.3) is 0 Å². The Bertz CT molecular complexity index is 630. The first-order valence-corrected chi connectivity index (χ1v) is 23.0.